The van der Waals surface area contributed by atoms with Gasteiger partial charge in [0.25, 0.3) is 0 Å². The molecule has 0 aliphatic carbocycles. The minimum absolute atomic E-state index is 0.0245. The van der Waals surface area contributed by atoms with E-state index in [1.807, 2.05) is 43.0 Å². The van der Waals surface area contributed by atoms with E-state index < -0.39 is 0 Å². The fourth-order valence-electron chi connectivity index (χ4n) is 2.34. The van der Waals surface area contributed by atoms with Crippen LogP contribution in [0.25, 0.3) is 0 Å². The lowest BCUT2D eigenvalue weighted by atomic mass is 10.1. The summed E-state index contributed by atoms with van der Waals surface area (Å²) in [6.45, 7) is 5.69. The molecular weight excluding hydrogens is 242 g/mol. The van der Waals surface area contributed by atoms with E-state index in [4.69, 9.17) is 9.47 Å². The van der Waals surface area contributed by atoms with Crippen molar-refractivity contribution >= 4 is 5.91 Å². The van der Waals surface area contributed by atoms with Gasteiger partial charge in [0.15, 0.2) is 0 Å². The Morgan fingerprint density at radius 2 is 2.16 bits per heavy atom. The molecule has 0 bridgehead atoms. The van der Waals surface area contributed by atoms with Crippen LogP contribution < -0.4 is 4.74 Å². The Bertz CT molecular complexity index is 445. The van der Waals surface area contributed by atoms with Crippen molar-refractivity contribution < 1.29 is 14.3 Å². The average Bonchev–Trinajstić information content (AvgIpc) is 2.46. The molecule has 0 spiro atoms. The van der Waals surface area contributed by atoms with Crippen LogP contribution in [-0.4, -0.2) is 37.6 Å². The Kier molecular flexibility index (Phi) is 4.43. The highest BCUT2D eigenvalue weighted by molar-refractivity contribution is 5.78. The summed E-state index contributed by atoms with van der Waals surface area (Å²) in [6.07, 6.45) is -0.104. The lowest BCUT2D eigenvalue weighted by Crippen LogP contribution is -2.44. The molecule has 0 radical (unpaired) electrons. The van der Waals surface area contributed by atoms with Crippen molar-refractivity contribution in [1.82, 2.24) is 4.90 Å². The van der Waals surface area contributed by atoms with Crippen LogP contribution in [0, 0.1) is 5.92 Å². The first-order chi connectivity index (χ1) is 9.13. The number of rotatable bonds is 3. The lowest BCUT2D eigenvalue weighted by molar-refractivity contribution is -0.142. The highest BCUT2D eigenvalue weighted by Gasteiger charge is 2.28. The third-order valence-corrected chi connectivity index (χ3v) is 3.36. The van der Waals surface area contributed by atoms with E-state index in [1.54, 1.807) is 7.11 Å². The second kappa shape index (κ2) is 6.06. The molecule has 104 valence electrons. The molecule has 1 aliphatic rings. The Balaban J connectivity index is 2.15. The van der Waals surface area contributed by atoms with Crippen LogP contribution in [0.5, 0.6) is 5.75 Å². The van der Waals surface area contributed by atoms with Gasteiger partial charge < -0.3 is 14.4 Å². The van der Waals surface area contributed by atoms with Gasteiger partial charge in [-0.3, -0.25) is 4.79 Å². The number of carbonyl (C=O) groups excluding carboxylic acids is 1. The number of hydrogen-bond donors (Lipinski definition) is 0. The van der Waals surface area contributed by atoms with E-state index in [0.29, 0.717) is 19.7 Å². The van der Waals surface area contributed by atoms with Crippen LogP contribution in [0.15, 0.2) is 24.3 Å². The molecule has 2 rings (SSSR count). The summed E-state index contributed by atoms with van der Waals surface area (Å²) in [5.74, 6) is 1.02. The molecule has 1 unspecified atom stereocenters. The molecule has 1 fully saturated rings. The molecule has 1 aromatic carbocycles. The van der Waals surface area contributed by atoms with Crippen molar-refractivity contribution in [3.63, 3.8) is 0 Å². The third-order valence-electron chi connectivity index (χ3n) is 3.36. The first-order valence-electron chi connectivity index (χ1n) is 6.66. The highest BCUT2D eigenvalue weighted by atomic mass is 16.5. The van der Waals surface area contributed by atoms with Crippen LogP contribution >= 0.6 is 0 Å². The van der Waals surface area contributed by atoms with Crippen molar-refractivity contribution in [3.05, 3.63) is 29.8 Å². The maximum Gasteiger partial charge on any atom is 0.225 e. The molecular formula is C15H21NO3. The Morgan fingerprint density at radius 3 is 2.84 bits per heavy atom. The predicted molar refractivity (Wildman–Crippen MR) is 73.1 cm³/mol. The zero-order valence-corrected chi connectivity index (χ0v) is 11.8. The Morgan fingerprint density at radius 1 is 1.42 bits per heavy atom. The van der Waals surface area contributed by atoms with E-state index in [0.717, 1.165) is 11.3 Å². The van der Waals surface area contributed by atoms with E-state index in [1.165, 1.54) is 0 Å². The molecule has 19 heavy (non-hydrogen) atoms. The second-order valence-corrected chi connectivity index (χ2v) is 5.04. The molecule has 1 atom stereocenters. The number of hydrogen-bond acceptors (Lipinski definition) is 3. The number of morpholine rings is 1. The summed E-state index contributed by atoms with van der Waals surface area (Å²) in [4.78, 5) is 13.9. The van der Waals surface area contributed by atoms with Gasteiger partial charge in [-0.1, -0.05) is 32.0 Å². The van der Waals surface area contributed by atoms with Gasteiger partial charge in [0, 0.05) is 18.0 Å². The van der Waals surface area contributed by atoms with Gasteiger partial charge in [-0.05, 0) is 6.07 Å². The lowest BCUT2D eigenvalue weighted by Gasteiger charge is -2.34. The first kappa shape index (κ1) is 13.9. The Labute approximate surface area is 114 Å². The topological polar surface area (TPSA) is 38.8 Å². The van der Waals surface area contributed by atoms with Crippen molar-refractivity contribution in [1.29, 1.82) is 0 Å². The second-order valence-electron chi connectivity index (χ2n) is 5.04. The standard InChI is InChI=1S/C15H21NO3/c1-11(2)15(17)16-8-9-19-14(10-16)12-6-4-5-7-13(12)18-3/h4-7,11,14H,8-10H2,1-3H3. The maximum absolute atomic E-state index is 12.1. The summed E-state index contributed by atoms with van der Waals surface area (Å²) < 4.78 is 11.2. The SMILES string of the molecule is COc1ccccc1C1CN(C(=O)C(C)C)CCO1. The zero-order chi connectivity index (χ0) is 13.8. The first-order valence-corrected chi connectivity index (χ1v) is 6.66. The number of carbonyl (C=O) groups is 1. The summed E-state index contributed by atoms with van der Waals surface area (Å²) in [7, 11) is 1.65. The van der Waals surface area contributed by atoms with Gasteiger partial charge in [-0.15, -0.1) is 0 Å². The molecule has 1 heterocycles. The molecule has 0 aromatic heterocycles. The summed E-state index contributed by atoms with van der Waals surface area (Å²) in [5.41, 5.74) is 1.01. The average molecular weight is 263 g/mol. The molecule has 1 aliphatic heterocycles. The quantitative estimate of drug-likeness (QED) is 0.839. The zero-order valence-electron chi connectivity index (χ0n) is 11.8. The minimum atomic E-state index is -0.104. The number of amides is 1. The smallest absolute Gasteiger partial charge is 0.225 e. The van der Waals surface area contributed by atoms with E-state index >= 15 is 0 Å². The van der Waals surface area contributed by atoms with E-state index in [9.17, 15) is 4.79 Å². The summed E-state index contributed by atoms with van der Waals surface area (Å²) in [6, 6.07) is 7.81. The Hall–Kier alpha value is -1.55. The maximum atomic E-state index is 12.1. The molecule has 0 N–H and O–H groups in total. The van der Waals surface area contributed by atoms with Crippen molar-refractivity contribution in [2.45, 2.75) is 20.0 Å². The van der Waals surface area contributed by atoms with Crippen LogP contribution in [-0.2, 0) is 9.53 Å². The van der Waals surface area contributed by atoms with E-state index in [2.05, 4.69) is 0 Å². The van der Waals surface area contributed by atoms with Crippen molar-refractivity contribution in [2.24, 2.45) is 5.92 Å². The number of para-hydroxylation sites is 1. The number of benzene rings is 1. The molecule has 0 saturated carbocycles. The number of ether oxygens (including phenoxy) is 2. The number of methoxy groups -OCH3 is 1. The summed E-state index contributed by atoms with van der Waals surface area (Å²) in [5, 5.41) is 0. The van der Waals surface area contributed by atoms with Gasteiger partial charge in [0.1, 0.15) is 11.9 Å². The minimum Gasteiger partial charge on any atom is -0.496 e. The molecule has 1 amide bonds. The van der Waals surface area contributed by atoms with Gasteiger partial charge in [-0.25, -0.2) is 0 Å². The third kappa shape index (κ3) is 3.07. The van der Waals surface area contributed by atoms with Crippen molar-refractivity contribution in [3.8, 4) is 5.75 Å². The molecule has 4 heteroatoms. The molecule has 4 nitrogen and oxygen atoms in total. The van der Waals surface area contributed by atoms with Crippen LogP contribution in [0.1, 0.15) is 25.5 Å². The monoisotopic (exact) mass is 263 g/mol. The largest absolute Gasteiger partial charge is 0.496 e. The summed E-state index contributed by atoms with van der Waals surface area (Å²) >= 11 is 0. The van der Waals surface area contributed by atoms with Gasteiger partial charge in [0.05, 0.1) is 20.3 Å². The molecule has 1 saturated heterocycles. The fraction of sp³-hybridized carbons (Fsp3) is 0.533. The highest BCUT2D eigenvalue weighted by Crippen LogP contribution is 2.30. The van der Waals surface area contributed by atoms with Crippen LogP contribution in [0.3, 0.4) is 0 Å². The predicted octanol–water partition coefficient (Wildman–Crippen LogP) is 2.25. The number of nitrogens with zero attached hydrogens (tertiary/aromatic N) is 1. The normalized spacial score (nSPS) is 19.6. The van der Waals surface area contributed by atoms with Crippen LogP contribution in [0.4, 0.5) is 0 Å². The van der Waals surface area contributed by atoms with Crippen LogP contribution in [0.2, 0.25) is 0 Å². The van der Waals surface area contributed by atoms with Crippen molar-refractivity contribution in [2.75, 3.05) is 26.8 Å². The van der Waals surface area contributed by atoms with Gasteiger partial charge in [0.2, 0.25) is 5.91 Å². The van der Waals surface area contributed by atoms with Gasteiger partial charge >= 0.3 is 0 Å². The molecule has 1 aromatic rings. The van der Waals surface area contributed by atoms with E-state index in [-0.39, 0.29) is 17.9 Å². The van der Waals surface area contributed by atoms with Gasteiger partial charge in [-0.2, -0.15) is 0 Å². The fourth-order valence-corrected chi connectivity index (χ4v) is 2.34.